The molecule has 162 valence electrons. The lowest BCUT2D eigenvalue weighted by Gasteiger charge is -2.09. The fraction of sp³-hybridized carbons (Fsp3) is 0.0769. The molecule has 4 aromatic rings. The fourth-order valence-corrected chi connectivity index (χ4v) is 3.06. The maximum absolute atomic E-state index is 12.7. The summed E-state index contributed by atoms with van der Waals surface area (Å²) in [6, 6.07) is 19.7. The average Bonchev–Trinajstić information content (AvgIpc) is 3.36. The Balaban J connectivity index is 1.37. The van der Waals surface area contributed by atoms with Gasteiger partial charge in [-0.2, -0.15) is 0 Å². The second kappa shape index (κ2) is 10.6. The molecule has 2 aromatic heterocycles. The van der Waals surface area contributed by atoms with Crippen molar-refractivity contribution < 1.29 is 9.59 Å². The summed E-state index contributed by atoms with van der Waals surface area (Å²) in [6.07, 6.45) is 7.13. The number of carbonyl (C=O) groups excluding carboxylic acids is 2. The van der Waals surface area contributed by atoms with Crippen LogP contribution in [0.4, 0.5) is 11.4 Å². The lowest BCUT2D eigenvalue weighted by molar-refractivity contribution is -0.116. The molecule has 7 heteroatoms. The van der Waals surface area contributed by atoms with Crippen LogP contribution >= 0.6 is 0 Å². The zero-order valence-electron chi connectivity index (χ0n) is 17.7. The van der Waals surface area contributed by atoms with Crippen LogP contribution in [0, 0.1) is 11.8 Å². The van der Waals surface area contributed by atoms with E-state index in [1.54, 1.807) is 61.3 Å². The van der Waals surface area contributed by atoms with Gasteiger partial charge in [0.25, 0.3) is 5.91 Å². The van der Waals surface area contributed by atoms with Gasteiger partial charge in [-0.15, -0.1) is 0 Å². The number of benzene rings is 2. The molecule has 2 N–H and O–H groups in total. The summed E-state index contributed by atoms with van der Waals surface area (Å²) in [5, 5.41) is 5.70. The third kappa shape index (κ3) is 6.39. The predicted octanol–water partition coefficient (Wildman–Crippen LogP) is 3.96. The Hall–Kier alpha value is -4.70. The number of rotatable bonds is 6. The number of hydrogen-bond acceptors (Lipinski definition) is 4. The van der Waals surface area contributed by atoms with Crippen LogP contribution in [-0.2, 0) is 11.3 Å². The summed E-state index contributed by atoms with van der Waals surface area (Å²) in [6.45, 7) is 0.533. The Morgan fingerprint density at radius 2 is 1.73 bits per heavy atom. The maximum Gasteiger partial charge on any atom is 0.255 e. The Labute approximate surface area is 191 Å². The first-order valence-electron chi connectivity index (χ1n) is 10.4. The van der Waals surface area contributed by atoms with E-state index in [0.717, 1.165) is 5.56 Å². The van der Waals surface area contributed by atoms with Crippen molar-refractivity contribution in [2.24, 2.45) is 0 Å². The van der Waals surface area contributed by atoms with Crippen LogP contribution in [-0.4, -0.2) is 26.3 Å². The lowest BCUT2D eigenvalue weighted by atomic mass is 10.1. The number of anilines is 2. The van der Waals surface area contributed by atoms with E-state index in [2.05, 4.69) is 32.4 Å². The number of aromatic nitrogens is 3. The van der Waals surface area contributed by atoms with Crippen molar-refractivity contribution in [2.45, 2.75) is 13.0 Å². The topological polar surface area (TPSA) is 88.9 Å². The Kier molecular flexibility index (Phi) is 6.88. The van der Waals surface area contributed by atoms with Gasteiger partial charge in [0.05, 0.1) is 6.33 Å². The van der Waals surface area contributed by atoms with Crippen molar-refractivity contribution in [1.82, 2.24) is 14.5 Å². The molecule has 0 spiro atoms. The van der Waals surface area contributed by atoms with E-state index in [0.29, 0.717) is 35.6 Å². The molecule has 2 aromatic carbocycles. The Morgan fingerprint density at radius 3 is 2.52 bits per heavy atom. The van der Waals surface area contributed by atoms with Crippen LogP contribution in [0.1, 0.15) is 28.0 Å². The number of nitrogens with zero attached hydrogens (tertiary/aromatic N) is 3. The van der Waals surface area contributed by atoms with Crippen LogP contribution in [0.25, 0.3) is 0 Å². The van der Waals surface area contributed by atoms with Crippen LogP contribution in [0.5, 0.6) is 0 Å². The molecule has 0 unspecified atom stereocenters. The molecule has 7 nitrogen and oxygen atoms in total. The van der Waals surface area contributed by atoms with Gasteiger partial charge in [-0.1, -0.05) is 24.1 Å². The van der Waals surface area contributed by atoms with Crippen molar-refractivity contribution in [3.63, 3.8) is 0 Å². The molecule has 0 atom stereocenters. The second-order valence-electron chi connectivity index (χ2n) is 7.18. The molecule has 0 bridgehead atoms. The highest BCUT2D eigenvalue weighted by atomic mass is 16.2. The third-order valence-electron chi connectivity index (χ3n) is 4.69. The zero-order valence-corrected chi connectivity index (χ0v) is 17.7. The molecule has 0 saturated heterocycles. The quantitative estimate of drug-likeness (QED) is 0.449. The van der Waals surface area contributed by atoms with E-state index in [4.69, 9.17) is 0 Å². The summed E-state index contributed by atoms with van der Waals surface area (Å²) in [5.74, 6) is 5.63. The minimum atomic E-state index is -0.278. The van der Waals surface area contributed by atoms with Gasteiger partial charge in [-0.25, -0.2) is 9.97 Å². The van der Waals surface area contributed by atoms with Crippen molar-refractivity contribution in [1.29, 1.82) is 0 Å². The number of aryl methyl sites for hydroxylation is 1. The van der Waals surface area contributed by atoms with Gasteiger partial charge in [0, 0.05) is 54.1 Å². The van der Waals surface area contributed by atoms with E-state index in [-0.39, 0.29) is 11.8 Å². The average molecular weight is 435 g/mol. The van der Waals surface area contributed by atoms with E-state index in [1.807, 2.05) is 34.9 Å². The smallest absolute Gasteiger partial charge is 0.255 e. The van der Waals surface area contributed by atoms with Crippen LogP contribution in [0.15, 0.2) is 91.6 Å². The third-order valence-corrected chi connectivity index (χ3v) is 4.69. The molecular weight excluding hydrogens is 414 g/mol. The number of nitrogens with one attached hydrogen (secondary N) is 2. The molecule has 0 saturated carbocycles. The predicted molar refractivity (Wildman–Crippen MR) is 127 cm³/mol. The van der Waals surface area contributed by atoms with E-state index < -0.39 is 0 Å². The SMILES string of the molecule is O=C(CCn1ccnc1)Nc1cccc(C(=O)Nc2cccc(C#Cc3ccccn3)c2)c1. The Bertz CT molecular complexity index is 1310. The van der Waals surface area contributed by atoms with E-state index >= 15 is 0 Å². The van der Waals surface area contributed by atoms with Crippen molar-refractivity contribution in [2.75, 3.05) is 10.6 Å². The molecule has 0 aliphatic rings. The molecule has 0 aliphatic heterocycles. The number of pyridine rings is 1. The fourth-order valence-electron chi connectivity index (χ4n) is 3.06. The minimum absolute atomic E-state index is 0.138. The molecule has 0 aliphatic carbocycles. The number of amides is 2. The summed E-state index contributed by atoms with van der Waals surface area (Å²) in [7, 11) is 0. The summed E-state index contributed by atoms with van der Waals surface area (Å²) in [5.41, 5.74) is 3.07. The van der Waals surface area contributed by atoms with Gasteiger partial charge >= 0.3 is 0 Å². The van der Waals surface area contributed by atoms with Crippen LogP contribution in [0.2, 0.25) is 0 Å². The lowest BCUT2D eigenvalue weighted by Crippen LogP contribution is -2.15. The van der Waals surface area contributed by atoms with Gasteiger partial charge in [-0.3, -0.25) is 9.59 Å². The monoisotopic (exact) mass is 435 g/mol. The molecular formula is C26H21N5O2. The standard InChI is InChI=1S/C26H21N5O2/c32-25(12-15-31-16-14-27-19-31)29-24-9-4-6-21(18-24)26(33)30-23-8-3-5-20(17-23)10-11-22-7-1-2-13-28-22/h1-9,13-14,16-19H,12,15H2,(H,29,32)(H,30,33). The molecule has 0 radical (unpaired) electrons. The summed E-state index contributed by atoms with van der Waals surface area (Å²) < 4.78 is 1.83. The largest absolute Gasteiger partial charge is 0.337 e. The first kappa shape index (κ1) is 21.5. The Morgan fingerprint density at radius 1 is 0.879 bits per heavy atom. The molecule has 33 heavy (non-hydrogen) atoms. The highest BCUT2D eigenvalue weighted by Gasteiger charge is 2.09. The zero-order chi connectivity index (χ0) is 22.9. The normalized spacial score (nSPS) is 10.1. The second-order valence-corrected chi connectivity index (χ2v) is 7.18. The molecule has 2 heterocycles. The highest BCUT2D eigenvalue weighted by Crippen LogP contribution is 2.15. The van der Waals surface area contributed by atoms with Crippen LogP contribution < -0.4 is 10.6 Å². The van der Waals surface area contributed by atoms with E-state index in [1.165, 1.54) is 0 Å². The van der Waals surface area contributed by atoms with Gasteiger partial charge in [-0.05, 0) is 54.5 Å². The minimum Gasteiger partial charge on any atom is -0.337 e. The molecule has 2 amide bonds. The van der Waals surface area contributed by atoms with Crippen LogP contribution in [0.3, 0.4) is 0 Å². The van der Waals surface area contributed by atoms with E-state index in [9.17, 15) is 9.59 Å². The van der Waals surface area contributed by atoms with Gasteiger partial charge in [0.15, 0.2) is 0 Å². The summed E-state index contributed by atoms with van der Waals surface area (Å²) in [4.78, 5) is 33.1. The van der Waals surface area contributed by atoms with Crippen molar-refractivity contribution >= 4 is 23.2 Å². The number of imidazole rings is 1. The first-order chi connectivity index (χ1) is 16.2. The van der Waals surface area contributed by atoms with Crippen molar-refractivity contribution in [3.05, 3.63) is 108 Å². The van der Waals surface area contributed by atoms with Crippen molar-refractivity contribution in [3.8, 4) is 11.8 Å². The highest BCUT2D eigenvalue weighted by molar-refractivity contribution is 6.05. The van der Waals surface area contributed by atoms with Gasteiger partial charge in [0.1, 0.15) is 5.69 Å². The number of hydrogen-bond donors (Lipinski definition) is 2. The maximum atomic E-state index is 12.7. The van der Waals surface area contributed by atoms with Gasteiger partial charge < -0.3 is 15.2 Å². The van der Waals surface area contributed by atoms with Gasteiger partial charge in [0.2, 0.25) is 5.91 Å². The first-order valence-corrected chi connectivity index (χ1v) is 10.4. The summed E-state index contributed by atoms with van der Waals surface area (Å²) >= 11 is 0. The molecule has 0 fully saturated rings. The number of carbonyl (C=O) groups is 2. The molecule has 4 rings (SSSR count).